The number of fused-ring (bicyclic) bond motifs is 1. The zero-order valence-corrected chi connectivity index (χ0v) is 10.3. The number of aromatic nitrogens is 2. The molecule has 0 bridgehead atoms. The van der Waals surface area contributed by atoms with E-state index in [9.17, 15) is 0 Å². The maximum Gasteiger partial charge on any atom is 0.139 e. The van der Waals surface area contributed by atoms with E-state index in [0.29, 0.717) is 0 Å². The fourth-order valence-corrected chi connectivity index (χ4v) is 1.41. The van der Waals surface area contributed by atoms with Crippen LogP contribution >= 0.6 is 0 Å². The van der Waals surface area contributed by atoms with Gasteiger partial charge in [0.05, 0.1) is 0 Å². The monoisotopic (exact) mass is 221 g/mol. The Balaban J connectivity index is 0.000000394. The Morgan fingerprint density at radius 2 is 2.00 bits per heavy atom. The van der Waals surface area contributed by atoms with E-state index in [-0.39, 0.29) is 0 Å². The molecule has 0 aliphatic rings. The molecular formula is C12H19N3O. The molecule has 0 aliphatic heterocycles. The summed E-state index contributed by atoms with van der Waals surface area (Å²) >= 11 is 0. The molecule has 0 spiro atoms. The standard InChI is InChI=1S/C9H10N2.C2H4O.CH5N/c1-7-6-11(2)9-8(7)4-3-5-10-9;1-2-3;1-2/h3-6H,1-2H3;2H,1H3;2H2,1H3. The third-order valence-corrected chi connectivity index (χ3v) is 1.93. The lowest BCUT2D eigenvalue weighted by atomic mass is 10.2. The van der Waals surface area contributed by atoms with Gasteiger partial charge < -0.3 is 15.1 Å². The number of carbonyl (C=O) groups excluding carboxylic acids is 1. The molecule has 0 unspecified atom stereocenters. The van der Waals surface area contributed by atoms with Crippen molar-refractivity contribution in [3.05, 3.63) is 30.1 Å². The third kappa shape index (κ3) is 3.47. The Hall–Kier alpha value is -1.68. The van der Waals surface area contributed by atoms with E-state index in [4.69, 9.17) is 4.79 Å². The zero-order valence-electron chi connectivity index (χ0n) is 10.3. The van der Waals surface area contributed by atoms with Crippen LogP contribution in [0.3, 0.4) is 0 Å². The normalized spacial score (nSPS) is 8.56. The number of aryl methyl sites for hydroxylation is 2. The molecule has 16 heavy (non-hydrogen) atoms. The van der Waals surface area contributed by atoms with E-state index in [1.165, 1.54) is 24.9 Å². The highest BCUT2D eigenvalue weighted by molar-refractivity contribution is 5.79. The molecule has 0 atom stereocenters. The molecule has 0 aliphatic carbocycles. The number of hydrogen-bond acceptors (Lipinski definition) is 3. The van der Waals surface area contributed by atoms with E-state index in [2.05, 4.69) is 29.9 Å². The van der Waals surface area contributed by atoms with Gasteiger partial charge in [-0.3, -0.25) is 0 Å². The fraction of sp³-hybridized carbons (Fsp3) is 0.333. The van der Waals surface area contributed by atoms with Gasteiger partial charge in [0, 0.05) is 24.8 Å². The Labute approximate surface area is 96.1 Å². The molecule has 0 fully saturated rings. The first-order chi connectivity index (χ1) is 7.70. The number of carbonyl (C=O) groups is 1. The maximum atomic E-state index is 8.81. The summed E-state index contributed by atoms with van der Waals surface area (Å²) in [7, 11) is 3.52. The smallest absolute Gasteiger partial charge is 0.139 e. The van der Waals surface area contributed by atoms with Crippen LogP contribution in [0, 0.1) is 6.92 Å². The van der Waals surface area contributed by atoms with Crippen molar-refractivity contribution < 1.29 is 4.79 Å². The fourth-order valence-electron chi connectivity index (χ4n) is 1.41. The lowest BCUT2D eigenvalue weighted by Crippen LogP contribution is -1.85. The summed E-state index contributed by atoms with van der Waals surface area (Å²) in [5, 5.41) is 1.25. The molecule has 2 heterocycles. The van der Waals surface area contributed by atoms with Crippen LogP contribution in [0.2, 0.25) is 0 Å². The average molecular weight is 221 g/mol. The third-order valence-electron chi connectivity index (χ3n) is 1.93. The Kier molecular flexibility index (Phi) is 6.79. The largest absolute Gasteiger partial charge is 0.335 e. The van der Waals surface area contributed by atoms with Crippen molar-refractivity contribution in [1.82, 2.24) is 9.55 Å². The molecule has 4 heteroatoms. The zero-order chi connectivity index (χ0) is 12.6. The number of nitrogens with zero attached hydrogens (tertiary/aromatic N) is 2. The van der Waals surface area contributed by atoms with Crippen LogP contribution in [0.15, 0.2) is 24.5 Å². The molecule has 2 N–H and O–H groups in total. The summed E-state index contributed by atoms with van der Waals surface area (Å²) in [5.41, 5.74) is 6.85. The van der Waals surface area contributed by atoms with E-state index < -0.39 is 0 Å². The first-order valence-electron chi connectivity index (χ1n) is 5.05. The Morgan fingerprint density at radius 1 is 1.44 bits per heavy atom. The van der Waals surface area contributed by atoms with Gasteiger partial charge in [0.25, 0.3) is 0 Å². The van der Waals surface area contributed by atoms with Gasteiger partial charge in [0.15, 0.2) is 0 Å². The van der Waals surface area contributed by atoms with Gasteiger partial charge in [-0.1, -0.05) is 0 Å². The minimum absolute atomic E-state index is 0.750. The number of nitrogens with two attached hydrogens (primary N) is 1. The quantitative estimate of drug-likeness (QED) is 0.688. The Bertz CT molecular complexity index is 399. The molecule has 2 rings (SSSR count). The topological polar surface area (TPSA) is 60.9 Å². The average Bonchev–Trinajstić information content (AvgIpc) is 2.60. The van der Waals surface area contributed by atoms with Crippen molar-refractivity contribution in [2.75, 3.05) is 7.05 Å². The summed E-state index contributed by atoms with van der Waals surface area (Å²) in [6.07, 6.45) is 4.67. The van der Waals surface area contributed by atoms with Crippen molar-refractivity contribution in [3.63, 3.8) is 0 Å². The molecule has 2 aromatic rings. The number of aldehydes is 1. The SMILES string of the molecule is CC=O.CN.Cc1cn(C)c2ncccc12. The summed E-state index contributed by atoms with van der Waals surface area (Å²) in [4.78, 5) is 13.1. The van der Waals surface area contributed by atoms with Crippen LogP contribution in [0.5, 0.6) is 0 Å². The molecule has 0 aromatic carbocycles. The van der Waals surface area contributed by atoms with Gasteiger partial charge in [0.1, 0.15) is 11.9 Å². The van der Waals surface area contributed by atoms with Crippen molar-refractivity contribution in [2.45, 2.75) is 13.8 Å². The van der Waals surface area contributed by atoms with Crippen molar-refractivity contribution in [1.29, 1.82) is 0 Å². The van der Waals surface area contributed by atoms with Crippen molar-refractivity contribution >= 4 is 17.3 Å². The summed E-state index contributed by atoms with van der Waals surface area (Å²) in [5.74, 6) is 0. The second kappa shape index (κ2) is 7.59. The predicted octanol–water partition coefficient (Wildman–Crippen LogP) is 1.66. The predicted molar refractivity (Wildman–Crippen MR) is 67.3 cm³/mol. The van der Waals surface area contributed by atoms with Gasteiger partial charge >= 0.3 is 0 Å². The van der Waals surface area contributed by atoms with E-state index in [0.717, 1.165) is 11.9 Å². The molecule has 0 amide bonds. The highest BCUT2D eigenvalue weighted by Crippen LogP contribution is 2.15. The van der Waals surface area contributed by atoms with E-state index >= 15 is 0 Å². The second-order valence-corrected chi connectivity index (χ2v) is 3.03. The van der Waals surface area contributed by atoms with E-state index in [1.54, 1.807) is 0 Å². The molecule has 2 aromatic heterocycles. The van der Waals surface area contributed by atoms with Gasteiger partial charge in [-0.15, -0.1) is 0 Å². The molecule has 0 saturated carbocycles. The lowest BCUT2D eigenvalue weighted by Gasteiger charge is -1.91. The molecule has 4 nitrogen and oxygen atoms in total. The van der Waals surface area contributed by atoms with Crippen molar-refractivity contribution in [2.24, 2.45) is 12.8 Å². The molecule has 88 valence electrons. The molecular weight excluding hydrogens is 202 g/mol. The summed E-state index contributed by atoms with van der Waals surface area (Å²) in [6.45, 7) is 3.55. The van der Waals surface area contributed by atoms with Crippen molar-refractivity contribution in [3.8, 4) is 0 Å². The summed E-state index contributed by atoms with van der Waals surface area (Å²) in [6, 6.07) is 4.06. The lowest BCUT2D eigenvalue weighted by molar-refractivity contribution is -0.106. The number of hydrogen-bond donors (Lipinski definition) is 1. The second-order valence-electron chi connectivity index (χ2n) is 3.03. The number of rotatable bonds is 0. The minimum Gasteiger partial charge on any atom is -0.335 e. The van der Waals surface area contributed by atoms with Crippen LogP contribution in [-0.4, -0.2) is 22.9 Å². The van der Waals surface area contributed by atoms with Crippen LogP contribution in [0.1, 0.15) is 12.5 Å². The first kappa shape index (κ1) is 14.3. The van der Waals surface area contributed by atoms with Gasteiger partial charge in [-0.25, -0.2) is 4.98 Å². The van der Waals surface area contributed by atoms with Crippen LogP contribution in [0.4, 0.5) is 0 Å². The Morgan fingerprint density at radius 3 is 2.50 bits per heavy atom. The van der Waals surface area contributed by atoms with Crippen LogP contribution in [0.25, 0.3) is 11.0 Å². The first-order valence-corrected chi connectivity index (χ1v) is 5.05. The van der Waals surface area contributed by atoms with Gasteiger partial charge in [-0.05, 0) is 38.6 Å². The molecule has 0 saturated heterocycles. The van der Waals surface area contributed by atoms with Crippen LogP contribution in [-0.2, 0) is 11.8 Å². The highest BCUT2D eigenvalue weighted by atomic mass is 16.1. The number of pyridine rings is 1. The van der Waals surface area contributed by atoms with E-state index in [1.807, 2.05) is 23.9 Å². The maximum absolute atomic E-state index is 8.81. The minimum atomic E-state index is 0.750. The van der Waals surface area contributed by atoms with Gasteiger partial charge in [0.2, 0.25) is 0 Å². The summed E-state index contributed by atoms with van der Waals surface area (Å²) < 4.78 is 2.05. The van der Waals surface area contributed by atoms with Crippen LogP contribution < -0.4 is 5.73 Å². The highest BCUT2D eigenvalue weighted by Gasteiger charge is 2.00. The van der Waals surface area contributed by atoms with Gasteiger partial charge in [-0.2, -0.15) is 0 Å². The molecule has 0 radical (unpaired) electrons.